The van der Waals surface area contributed by atoms with E-state index in [1.807, 2.05) is 0 Å². The van der Waals surface area contributed by atoms with Crippen LogP contribution in [0, 0.1) is 0 Å². The van der Waals surface area contributed by atoms with E-state index in [4.69, 9.17) is 18.6 Å². The third-order valence-electron chi connectivity index (χ3n) is 4.54. The van der Waals surface area contributed by atoms with Crippen LogP contribution >= 0.6 is 0 Å². The molecule has 37 heavy (non-hydrogen) atoms. The Hall–Kier alpha value is -3.61. The lowest BCUT2D eigenvalue weighted by molar-refractivity contribution is -0.135. The minimum absolute atomic E-state index is 0.0441. The molecule has 0 saturated heterocycles. The molecule has 3 N–H and O–H groups in total. The highest BCUT2D eigenvalue weighted by Gasteiger charge is 2.35. The van der Waals surface area contributed by atoms with Crippen LogP contribution in [0.2, 0.25) is 0 Å². The average molecular weight is 565 g/mol. The summed E-state index contributed by atoms with van der Waals surface area (Å²) >= 11 is 0. The molecule has 0 saturated carbocycles. The monoisotopic (exact) mass is 564 g/mol. The lowest BCUT2D eigenvalue weighted by Crippen LogP contribution is -2.28. The Kier molecular flexibility index (Phi) is 9.67. The quantitative estimate of drug-likeness (QED) is 0.155. The molecule has 18 heteroatoms. The number of rotatable bonds is 12. The molecule has 0 aromatic carbocycles. The predicted octanol–water partition coefficient (Wildman–Crippen LogP) is -1.17. The van der Waals surface area contributed by atoms with E-state index < -0.39 is 73.9 Å². The summed E-state index contributed by atoms with van der Waals surface area (Å²) in [4.78, 5) is 49.9. The standard InChI is InChI=1S/C19H24N4O12S2/c1-3-34-18(26)14-12(16(24)22(20-14)8-10-36(28,29)30)6-5-7-13-15(19(27)35-4-2)21-23(17(13)25)9-11-37(31,32)33/h5-7,20H,3-4,8-11H2,1-2H3,(H,28,29,30)(H,31,32,33)/b6-5+,13-7-. The van der Waals surface area contributed by atoms with Gasteiger partial charge in [-0.25, -0.2) is 14.6 Å². The maximum atomic E-state index is 12.7. The second-order valence-electron chi connectivity index (χ2n) is 7.19. The smallest absolute Gasteiger partial charge is 0.359 e. The zero-order valence-corrected chi connectivity index (χ0v) is 21.2. The van der Waals surface area contributed by atoms with Crippen molar-refractivity contribution in [1.82, 2.24) is 14.8 Å². The van der Waals surface area contributed by atoms with Crippen molar-refractivity contribution in [3.63, 3.8) is 0 Å². The molecule has 0 fully saturated rings. The molecular weight excluding hydrogens is 540 g/mol. The molecule has 1 aromatic heterocycles. The summed E-state index contributed by atoms with van der Waals surface area (Å²) in [5.41, 5.74) is -2.27. The predicted molar refractivity (Wildman–Crippen MR) is 127 cm³/mol. The minimum atomic E-state index is -4.44. The van der Waals surface area contributed by atoms with Crippen LogP contribution in [0.1, 0.15) is 29.9 Å². The molecule has 16 nitrogen and oxygen atoms in total. The fraction of sp³-hybridized carbons (Fsp3) is 0.421. The summed E-state index contributed by atoms with van der Waals surface area (Å²) in [6.07, 6.45) is 3.27. The van der Waals surface area contributed by atoms with E-state index in [0.29, 0.717) is 5.01 Å². The van der Waals surface area contributed by atoms with Crippen molar-refractivity contribution < 1.29 is 49.8 Å². The van der Waals surface area contributed by atoms with Crippen molar-refractivity contribution in [2.24, 2.45) is 5.10 Å². The van der Waals surface area contributed by atoms with Crippen molar-refractivity contribution in [1.29, 1.82) is 0 Å². The van der Waals surface area contributed by atoms with Crippen LogP contribution in [0.5, 0.6) is 0 Å². The van der Waals surface area contributed by atoms with Crippen molar-refractivity contribution >= 4 is 49.9 Å². The summed E-state index contributed by atoms with van der Waals surface area (Å²) in [6, 6.07) is 0. The first-order valence-corrected chi connectivity index (χ1v) is 13.8. The summed E-state index contributed by atoms with van der Waals surface area (Å²) in [7, 11) is -8.86. The zero-order chi connectivity index (χ0) is 28.0. The van der Waals surface area contributed by atoms with Gasteiger partial charge in [-0.05, 0) is 26.0 Å². The van der Waals surface area contributed by atoms with Crippen LogP contribution in [0.4, 0.5) is 0 Å². The number of hydrazone groups is 1. The molecule has 1 aromatic rings. The van der Waals surface area contributed by atoms with E-state index in [2.05, 4.69) is 10.2 Å². The number of nitrogens with one attached hydrogen (secondary N) is 1. The molecule has 0 atom stereocenters. The van der Waals surface area contributed by atoms with Gasteiger partial charge in [-0.3, -0.25) is 28.5 Å². The number of H-pyrrole nitrogens is 1. The van der Waals surface area contributed by atoms with E-state index in [0.717, 1.165) is 22.9 Å². The largest absolute Gasteiger partial charge is 0.461 e. The number of aromatic amines is 1. The van der Waals surface area contributed by atoms with Gasteiger partial charge in [0.25, 0.3) is 31.7 Å². The molecule has 0 radical (unpaired) electrons. The fourth-order valence-corrected chi connectivity index (χ4v) is 3.75. The lowest BCUT2D eigenvalue weighted by atomic mass is 10.1. The third kappa shape index (κ3) is 8.20. The SMILES string of the molecule is CCOC(=O)C1=NN(CCS(=O)(=O)O)C(=O)/C1=C\C=C\c1c(C(=O)OCC)[nH]n(CCS(=O)(=O)O)c1=O. The van der Waals surface area contributed by atoms with Gasteiger partial charge in [-0.1, -0.05) is 6.08 Å². The van der Waals surface area contributed by atoms with Gasteiger partial charge >= 0.3 is 11.9 Å². The molecule has 1 amide bonds. The zero-order valence-electron chi connectivity index (χ0n) is 19.6. The molecule has 0 bridgehead atoms. The number of amides is 1. The Morgan fingerprint density at radius 1 is 0.973 bits per heavy atom. The molecule has 1 aliphatic heterocycles. The van der Waals surface area contributed by atoms with E-state index in [1.54, 1.807) is 0 Å². The molecule has 1 aliphatic rings. The molecule has 0 unspecified atom stereocenters. The van der Waals surface area contributed by atoms with Crippen LogP contribution in [0.3, 0.4) is 0 Å². The maximum Gasteiger partial charge on any atom is 0.359 e. The second-order valence-corrected chi connectivity index (χ2v) is 10.3. The summed E-state index contributed by atoms with van der Waals surface area (Å²) < 4.78 is 72.5. The number of carbonyl (C=O) groups excluding carboxylic acids is 3. The average Bonchev–Trinajstić information content (AvgIpc) is 3.27. The summed E-state index contributed by atoms with van der Waals surface area (Å²) in [5, 5.41) is 6.80. The van der Waals surface area contributed by atoms with E-state index in [1.165, 1.54) is 13.8 Å². The molecule has 204 valence electrons. The molecule has 2 heterocycles. The van der Waals surface area contributed by atoms with Gasteiger partial charge < -0.3 is 9.47 Å². The minimum Gasteiger partial charge on any atom is -0.461 e. The Morgan fingerprint density at radius 3 is 2.11 bits per heavy atom. The van der Waals surface area contributed by atoms with E-state index in [-0.39, 0.29) is 30.0 Å². The number of aromatic nitrogens is 2. The van der Waals surface area contributed by atoms with E-state index >= 15 is 0 Å². The number of carbonyl (C=O) groups is 3. The molecule has 0 aliphatic carbocycles. The number of ether oxygens (including phenoxy) is 2. The highest BCUT2D eigenvalue weighted by Crippen LogP contribution is 2.17. The van der Waals surface area contributed by atoms with Crippen LogP contribution in [0.15, 0.2) is 27.6 Å². The van der Waals surface area contributed by atoms with Gasteiger partial charge in [0, 0.05) is 0 Å². The highest BCUT2D eigenvalue weighted by atomic mass is 32.2. The molecule has 2 rings (SSSR count). The first kappa shape index (κ1) is 29.6. The molecular formula is C19H24N4O12S2. The number of hydrogen-bond acceptors (Lipinski definition) is 11. The van der Waals surface area contributed by atoms with Crippen molar-refractivity contribution in [3.8, 4) is 0 Å². The second kappa shape index (κ2) is 12.1. The van der Waals surface area contributed by atoms with Gasteiger partial charge in [0.1, 0.15) is 0 Å². The first-order valence-electron chi connectivity index (χ1n) is 10.5. The van der Waals surface area contributed by atoms with E-state index in [9.17, 15) is 36.0 Å². The summed E-state index contributed by atoms with van der Waals surface area (Å²) in [5.74, 6) is -4.51. The lowest BCUT2D eigenvalue weighted by Gasteiger charge is -2.09. The van der Waals surface area contributed by atoms with Gasteiger partial charge in [-0.15, -0.1) is 0 Å². The Bertz CT molecular complexity index is 1430. The normalized spacial score (nSPS) is 15.5. The highest BCUT2D eigenvalue weighted by molar-refractivity contribution is 7.86. The van der Waals surface area contributed by atoms with Crippen LogP contribution in [-0.4, -0.2) is 95.6 Å². The van der Waals surface area contributed by atoms with Crippen LogP contribution < -0.4 is 5.56 Å². The first-order chi connectivity index (χ1) is 17.2. The number of allylic oxidation sites excluding steroid dienone is 2. The van der Waals surface area contributed by atoms with Crippen molar-refractivity contribution in [2.45, 2.75) is 20.4 Å². The number of esters is 2. The Balaban J connectivity index is 2.46. The van der Waals surface area contributed by atoms with Crippen molar-refractivity contribution in [3.05, 3.63) is 39.3 Å². The summed E-state index contributed by atoms with van der Waals surface area (Å²) in [6.45, 7) is 1.84. The van der Waals surface area contributed by atoms with Crippen LogP contribution in [-0.2, 0) is 45.8 Å². The molecule has 0 spiro atoms. The topological polar surface area (TPSA) is 232 Å². The van der Waals surface area contributed by atoms with Crippen molar-refractivity contribution in [2.75, 3.05) is 31.3 Å². The Labute approximate surface area is 210 Å². The van der Waals surface area contributed by atoms with Crippen LogP contribution in [0.25, 0.3) is 6.08 Å². The number of nitrogens with zero attached hydrogens (tertiary/aromatic N) is 3. The number of hydrogen-bond donors (Lipinski definition) is 3. The van der Waals surface area contributed by atoms with Gasteiger partial charge in [0.15, 0.2) is 11.4 Å². The van der Waals surface area contributed by atoms with Gasteiger partial charge in [0.2, 0.25) is 0 Å². The Morgan fingerprint density at radius 2 is 1.54 bits per heavy atom. The third-order valence-corrected chi connectivity index (χ3v) is 5.94. The number of aryl methyl sites for hydroxylation is 1. The van der Waals surface area contributed by atoms with Gasteiger partial charge in [-0.2, -0.15) is 21.9 Å². The maximum absolute atomic E-state index is 12.7. The fourth-order valence-electron chi connectivity index (χ4n) is 2.93. The van der Waals surface area contributed by atoms with Gasteiger partial charge in [0.05, 0.1) is 48.9 Å².